The molecule has 4 nitrogen and oxygen atoms in total. The van der Waals surface area contributed by atoms with Gasteiger partial charge in [-0.1, -0.05) is 6.07 Å². The highest BCUT2D eigenvalue weighted by Crippen LogP contribution is 2.24. The van der Waals surface area contributed by atoms with E-state index < -0.39 is 0 Å². The Labute approximate surface area is 122 Å². The van der Waals surface area contributed by atoms with Crippen molar-refractivity contribution in [3.63, 3.8) is 0 Å². The summed E-state index contributed by atoms with van der Waals surface area (Å²) in [4.78, 5) is 17.7. The highest BCUT2D eigenvalue weighted by Gasteiger charge is 2.16. The average Bonchev–Trinajstić information content (AvgIpc) is 3.05. The van der Waals surface area contributed by atoms with Gasteiger partial charge in [-0.15, -0.1) is 11.3 Å². The number of nitrogens with one attached hydrogen (secondary N) is 2. The van der Waals surface area contributed by atoms with Gasteiger partial charge in [-0.05, 0) is 38.0 Å². The third-order valence-electron chi connectivity index (χ3n) is 3.44. The summed E-state index contributed by atoms with van der Waals surface area (Å²) in [7, 11) is 0. The summed E-state index contributed by atoms with van der Waals surface area (Å²) in [6.45, 7) is 4.93. The molecule has 1 aromatic carbocycles. The van der Waals surface area contributed by atoms with Crippen LogP contribution in [-0.4, -0.2) is 17.4 Å². The number of carbonyl (C=O) groups is 1. The molecule has 5 heteroatoms. The summed E-state index contributed by atoms with van der Waals surface area (Å²) in [5.74, 6) is -0.0538. The molecule has 104 valence electrons. The molecule has 1 amide bonds. The number of amides is 1. The van der Waals surface area contributed by atoms with Gasteiger partial charge in [-0.25, -0.2) is 4.98 Å². The number of rotatable bonds is 3. The molecular formula is C15H17N3OS. The third kappa shape index (κ3) is 2.54. The lowest BCUT2D eigenvalue weighted by molar-refractivity contribution is 0.0940. The minimum absolute atomic E-state index is 0.0538. The predicted molar refractivity (Wildman–Crippen MR) is 81.4 cm³/mol. The Kier molecular flexibility index (Phi) is 3.44. The first-order chi connectivity index (χ1) is 9.63. The van der Waals surface area contributed by atoms with Crippen molar-refractivity contribution in [3.8, 4) is 0 Å². The van der Waals surface area contributed by atoms with E-state index in [1.165, 1.54) is 5.56 Å². The lowest BCUT2D eigenvalue weighted by Crippen LogP contribution is -2.26. The quantitative estimate of drug-likeness (QED) is 0.912. The number of fused-ring (bicyclic) bond motifs is 1. The number of anilines is 1. The summed E-state index contributed by atoms with van der Waals surface area (Å²) < 4.78 is 0. The van der Waals surface area contributed by atoms with E-state index in [4.69, 9.17) is 0 Å². The van der Waals surface area contributed by atoms with Gasteiger partial charge < -0.3 is 10.6 Å². The Morgan fingerprint density at radius 1 is 1.50 bits per heavy atom. The zero-order valence-corrected chi connectivity index (χ0v) is 12.4. The van der Waals surface area contributed by atoms with Crippen molar-refractivity contribution in [1.29, 1.82) is 0 Å². The Hall–Kier alpha value is -1.88. The second-order valence-corrected chi connectivity index (χ2v) is 6.32. The number of aryl methyl sites for hydroxylation is 1. The Balaban J connectivity index is 1.73. The number of benzene rings is 1. The Morgan fingerprint density at radius 3 is 3.10 bits per heavy atom. The zero-order chi connectivity index (χ0) is 14.1. The van der Waals surface area contributed by atoms with E-state index in [1.807, 2.05) is 38.2 Å². The first-order valence-corrected chi connectivity index (χ1v) is 7.55. The van der Waals surface area contributed by atoms with Gasteiger partial charge in [0.2, 0.25) is 0 Å². The van der Waals surface area contributed by atoms with Gasteiger partial charge in [0.15, 0.2) is 0 Å². The smallest absolute Gasteiger partial charge is 0.251 e. The van der Waals surface area contributed by atoms with Gasteiger partial charge in [-0.3, -0.25) is 4.79 Å². The Morgan fingerprint density at radius 2 is 2.35 bits per heavy atom. The molecule has 1 aliphatic heterocycles. The maximum absolute atomic E-state index is 12.3. The monoisotopic (exact) mass is 287 g/mol. The molecule has 1 unspecified atom stereocenters. The molecule has 0 fully saturated rings. The lowest BCUT2D eigenvalue weighted by Gasteiger charge is -2.12. The van der Waals surface area contributed by atoms with E-state index in [0.717, 1.165) is 28.5 Å². The Bertz CT molecular complexity index is 650. The minimum Gasteiger partial charge on any atom is -0.384 e. The topological polar surface area (TPSA) is 54.0 Å². The van der Waals surface area contributed by atoms with E-state index in [9.17, 15) is 4.79 Å². The molecule has 20 heavy (non-hydrogen) atoms. The zero-order valence-electron chi connectivity index (χ0n) is 11.6. The number of hydrogen-bond acceptors (Lipinski definition) is 4. The number of aromatic nitrogens is 1. The molecule has 0 bridgehead atoms. The molecule has 2 aromatic rings. The second-order valence-electron chi connectivity index (χ2n) is 5.05. The molecule has 0 spiro atoms. The molecule has 1 atom stereocenters. The molecule has 3 rings (SSSR count). The minimum atomic E-state index is -0.0672. The normalized spacial score (nSPS) is 14.5. The third-order valence-corrected chi connectivity index (χ3v) is 4.53. The lowest BCUT2D eigenvalue weighted by atomic mass is 10.1. The second kappa shape index (κ2) is 5.25. The highest BCUT2D eigenvalue weighted by atomic mass is 32.1. The summed E-state index contributed by atoms with van der Waals surface area (Å²) >= 11 is 1.61. The molecule has 0 saturated carbocycles. The van der Waals surface area contributed by atoms with Crippen LogP contribution in [0, 0.1) is 6.92 Å². The summed E-state index contributed by atoms with van der Waals surface area (Å²) in [5.41, 5.74) is 3.05. The van der Waals surface area contributed by atoms with E-state index in [0.29, 0.717) is 5.56 Å². The largest absolute Gasteiger partial charge is 0.384 e. The van der Waals surface area contributed by atoms with Crippen LogP contribution in [0.5, 0.6) is 0 Å². The van der Waals surface area contributed by atoms with Crippen LogP contribution in [0.3, 0.4) is 0 Å². The van der Waals surface area contributed by atoms with E-state index in [-0.39, 0.29) is 11.9 Å². The van der Waals surface area contributed by atoms with Crippen LogP contribution in [-0.2, 0) is 6.42 Å². The van der Waals surface area contributed by atoms with Gasteiger partial charge in [0.1, 0.15) is 5.01 Å². The molecular weight excluding hydrogens is 270 g/mol. The molecule has 0 saturated heterocycles. The number of carbonyl (C=O) groups excluding carboxylic acids is 1. The summed E-state index contributed by atoms with van der Waals surface area (Å²) in [6, 6.07) is 5.78. The van der Waals surface area contributed by atoms with Crippen LogP contribution >= 0.6 is 11.3 Å². The van der Waals surface area contributed by atoms with E-state index in [1.54, 1.807) is 11.3 Å². The fraction of sp³-hybridized carbons (Fsp3) is 0.333. The molecule has 0 aliphatic carbocycles. The first-order valence-electron chi connectivity index (χ1n) is 6.73. The summed E-state index contributed by atoms with van der Waals surface area (Å²) in [5, 5.41) is 7.23. The maximum atomic E-state index is 12.3. The van der Waals surface area contributed by atoms with Crippen LogP contribution in [0.4, 0.5) is 5.69 Å². The van der Waals surface area contributed by atoms with Crippen molar-refractivity contribution in [1.82, 2.24) is 10.3 Å². The van der Waals surface area contributed by atoms with Crippen LogP contribution in [0.15, 0.2) is 24.4 Å². The van der Waals surface area contributed by atoms with Crippen LogP contribution in [0.1, 0.15) is 38.8 Å². The van der Waals surface area contributed by atoms with Crippen LogP contribution in [0.2, 0.25) is 0 Å². The molecule has 0 radical (unpaired) electrons. The molecule has 2 N–H and O–H groups in total. The average molecular weight is 287 g/mol. The number of nitrogens with zero attached hydrogens (tertiary/aromatic N) is 1. The van der Waals surface area contributed by atoms with Gasteiger partial charge in [0.05, 0.1) is 6.04 Å². The SMILES string of the molecule is Cc1cnc(C(C)NC(=O)c2ccc3c(c2)NCC3)s1. The van der Waals surface area contributed by atoms with Crippen molar-refractivity contribution in [2.45, 2.75) is 26.3 Å². The standard InChI is InChI=1S/C15H17N3OS/c1-9-8-17-15(20-9)10(2)18-14(19)12-4-3-11-5-6-16-13(11)7-12/h3-4,7-8,10,16H,5-6H2,1-2H3,(H,18,19). The van der Waals surface area contributed by atoms with Crippen molar-refractivity contribution in [2.75, 3.05) is 11.9 Å². The van der Waals surface area contributed by atoms with Crippen molar-refractivity contribution < 1.29 is 4.79 Å². The number of hydrogen-bond donors (Lipinski definition) is 2. The van der Waals surface area contributed by atoms with Crippen LogP contribution < -0.4 is 10.6 Å². The fourth-order valence-corrected chi connectivity index (χ4v) is 3.12. The van der Waals surface area contributed by atoms with Gasteiger partial charge in [0, 0.05) is 28.9 Å². The van der Waals surface area contributed by atoms with Crippen molar-refractivity contribution in [3.05, 3.63) is 45.4 Å². The van der Waals surface area contributed by atoms with Crippen LogP contribution in [0.25, 0.3) is 0 Å². The number of thiazole rings is 1. The molecule has 2 heterocycles. The summed E-state index contributed by atoms with van der Waals surface area (Å²) in [6.07, 6.45) is 2.87. The maximum Gasteiger partial charge on any atom is 0.251 e. The van der Waals surface area contributed by atoms with Gasteiger partial charge in [0.25, 0.3) is 5.91 Å². The molecule has 1 aliphatic rings. The highest BCUT2D eigenvalue weighted by molar-refractivity contribution is 7.11. The van der Waals surface area contributed by atoms with Gasteiger partial charge >= 0.3 is 0 Å². The predicted octanol–water partition coefficient (Wildman–Crippen LogP) is 2.91. The van der Waals surface area contributed by atoms with E-state index >= 15 is 0 Å². The van der Waals surface area contributed by atoms with E-state index in [2.05, 4.69) is 15.6 Å². The molecule has 1 aromatic heterocycles. The van der Waals surface area contributed by atoms with Crippen molar-refractivity contribution in [2.24, 2.45) is 0 Å². The van der Waals surface area contributed by atoms with Gasteiger partial charge in [-0.2, -0.15) is 0 Å². The van der Waals surface area contributed by atoms with Crippen molar-refractivity contribution >= 4 is 22.9 Å². The fourth-order valence-electron chi connectivity index (χ4n) is 2.35. The first kappa shape index (κ1) is 13.1.